The number of carboxylic acids is 2. The number of ether oxygens (including phenoxy) is 1. The lowest BCUT2D eigenvalue weighted by Gasteiger charge is -2.47. The summed E-state index contributed by atoms with van der Waals surface area (Å²) in [5, 5.41) is 14.2. The van der Waals surface area contributed by atoms with E-state index >= 15 is 0 Å². The number of amides is 1. The molecule has 1 spiro atoms. The molecule has 11 nitrogen and oxygen atoms in total. The molecule has 2 saturated heterocycles. The summed E-state index contributed by atoms with van der Waals surface area (Å²) in [6, 6.07) is 3.55. The monoisotopic (exact) mass is 585 g/mol. The lowest BCUT2D eigenvalue weighted by atomic mass is 9.89. The standard InChI is InChI=1S/C18H20FN5O2.2C2HF3O2/c19-15-11-21-17(22-12-15)24-8-9-26-18(13-24)3-6-23(7-4-18)16(25)14-2-1-5-20-10-14;2*3-2(4,5)1(6)7/h1-2,5,10-12H,3-4,6-9,13H2;2*(H,6,7). The van der Waals surface area contributed by atoms with Crippen LogP contribution in [0.5, 0.6) is 0 Å². The van der Waals surface area contributed by atoms with E-state index < -0.39 is 30.1 Å². The molecule has 18 heteroatoms. The van der Waals surface area contributed by atoms with E-state index in [1.807, 2.05) is 9.80 Å². The molecular weight excluding hydrogens is 563 g/mol. The van der Waals surface area contributed by atoms with Crippen LogP contribution < -0.4 is 4.90 Å². The smallest absolute Gasteiger partial charge is 0.475 e. The van der Waals surface area contributed by atoms with Crippen molar-refractivity contribution in [1.82, 2.24) is 19.9 Å². The number of carbonyl (C=O) groups is 3. The number of aromatic nitrogens is 3. The number of aliphatic carboxylic acids is 2. The average molecular weight is 585 g/mol. The van der Waals surface area contributed by atoms with Gasteiger partial charge in [0.05, 0.1) is 36.7 Å². The number of anilines is 1. The number of likely N-dealkylation sites (tertiary alicyclic amines) is 1. The van der Waals surface area contributed by atoms with E-state index in [9.17, 15) is 35.5 Å². The normalized spacial score (nSPS) is 16.7. The minimum atomic E-state index is -5.08. The zero-order chi connectivity index (χ0) is 30.1. The third kappa shape index (κ3) is 9.58. The van der Waals surface area contributed by atoms with Crippen LogP contribution in [0.1, 0.15) is 23.2 Å². The highest BCUT2D eigenvalue weighted by atomic mass is 19.4. The molecule has 0 aromatic carbocycles. The number of rotatable bonds is 2. The topological polar surface area (TPSA) is 146 Å². The highest BCUT2D eigenvalue weighted by Crippen LogP contribution is 2.31. The third-order valence-electron chi connectivity index (χ3n) is 5.49. The molecule has 2 fully saturated rings. The fourth-order valence-electron chi connectivity index (χ4n) is 3.58. The Balaban J connectivity index is 0.000000333. The molecule has 2 N–H and O–H groups in total. The minimum Gasteiger partial charge on any atom is -0.475 e. The molecule has 1 amide bonds. The summed E-state index contributed by atoms with van der Waals surface area (Å²) in [6.45, 7) is 3.15. The van der Waals surface area contributed by atoms with Crippen LogP contribution in [-0.2, 0) is 14.3 Å². The summed E-state index contributed by atoms with van der Waals surface area (Å²) in [4.78, 5) is 46.4. The molecule has 4 heterocycles. The SMILES string of the molecule is O=C(O)C(F)(F)F.O=C(O)C(F)(F)F.O=C(c1cccnc1)N1CCC2(CC1)CN(c1ncc(F)cn1)CCO2. The first-order valence-electron chi connectivity index (χ1n) is 11.2. The number of carbonyl (C=O) groups excluding carboxylic acids is 1. The van der Waals surface area contributed by atoms with Crippen LogP contribution in [-0.4, -0.2) is 98.7 Å². The molecule has 220 valence electrons. The molecule has 2 aliphatic heterocycles. The first kappa shape index (κ1) is 32.1. The van der Waals surface area contributed by atoms with Gasteiger partial charge in [-0.25, -0.2) is 23.9 Å². The van der Waals surface area contributed by atoms with Crippen molar-refractivity contribution in [2.45, 2.75) is 30.8 Å². The van der Waals surface area contributed by atoms with E-state index in [1.165, 1.54) is 12.4 Å². The van der Waals surface area contributed by atoms with E-state index in [-0.39, 0.29) is 11.5 Å². The average Bonchev–Trinajstić information content (AvgIpc) is 2.89. The molecular formula is C22H22F7N5O6. The van der Waals surface area contributed by atoms with Crippen LogP contribution in [0.25, 0.3) is 0 Å². The molecule has 40 heavy (non-hydrogen) atoms. The van der Waals surface area contributed by atoms with Gasteiger partial charge in [0.15, 0.2) is 5.82 Å². The predicted octanol–water partition coefficient (Wildman–Crippen LogP) is 2.79. The Hall–Kier alpha value is -4.09. The van der Waals surface area contributed by atoms with Crippen molar-refractivity contribution in [1.29, 1.82) is 0 Å². The molecule has 0 saturated carbocycles. The Morgan fingerprint density at radius 2 is 1.43 bits per heavy atom. The predicted molar refractivity (Wildman–Crippen MR) is 120 cm³/mol. The third-order valence-corrected chi connectivity index (χ3v) is 5.49. The van der Waals surface area contributed by atoms with Gasteiger partial charge in [-0.2, -0.15) is 26.3 Å². The van der Waals surface area contributed by atoms with Gasteiger partial charge in [-0.3, -0.25) is 9.78 Å². The summed E-state index contributed by atoms with van der Waals surface area (Å²) in [5.74, 6) is -5.44. The van der Waals surface area contributed by atoms with E-state index in [2.05, 4.69) is 15.0 Å². The summed E-state index contributed by atoms with van der Waals surface area (Å²) in [5.41, 5.74) is 0.288. The first-order chi connectivity index (χ1) is 18.5. The minimum absolute atomic E-state index is 0.00230. The molecule has 0 unspecified atom stereocenters. The van der Waals surface area contributed by atoms with Crippen molar-refractivity contribution < 1.29 is 60.1 Å². The Morgan fingerprint density at radius 1 is 0.900 bits per heavy atom. The van der Waals surface area contributed by atoms with E-state index in [0.717, 1.165) is 12.8 Å². The van der Waals surface area contributed by atoms with Gasteiger partial charge in [-0.1, -0.05) is 0 Å². The number of pyridine rings is 1. The highest BCUT2D eigenvalue weighted by molar-refractivity contribution is 5.93. The summed E-state index contributed by atoms with van der Waals surface area (Å²) < 4.78 is 82.6. The molecule has 0 atom stereocenters. The second-order valence-electron chi connectivity index (χ2n) is 8.29. The van der Waals surface area contributed by atoms with Crippen LogP contribution in [0.3, 0.4) is 0 Å². The summed E-state index contributed by atoms with van der Waals surface area (Å²) in [6.07, 6.45) is -3.06. The number of halogens is 7. The van der Waals surface area contributed by atoms with Gasteiger partial charge in [0, 0.05) is 32.0 Å². The molecule has 4 rings (SSSR count). The number of piperidine rings is 1. The number of carboxylic acid groups (broad SMARTS) is 2. The van der Waals surface area contributed by atoms with Crippen molar-refractivity contribution in [3.63, 3.8) is 0 Å². The second-order valence-corrected chi connectivity index (χ2v) is 8.29. The van der Waals surface area contributed by atoms with Crippen LogP contribution in [0.2, 0.25) is 0 Å². The van der Waals surface area contributed by atoms with Crippen molar-refractivity contribution in [3.05, 3.63) is 48.3 Å². The maximum absolute atomic E-state index is 13.1. The zero-order valence-electron chi connectivity index (χ0n) is 20.3. The van der Waals surface area contributed by atoms with E-state index in [0.29, 0.717) is 44.3 Å². The fraction of sp³-hybridized carbons (Fsp3) is 0.455. The molecule has 0 aliphatic carbocycles. The molecule has 2 aromatic heterocycles. The van der Waals surface area contributed by atoms with Crippen molar-refractivity contribution >= 4 is 23.8 Å². The van der Waals surface area contributed by atoms with E-state index in [1.54, 1.807) is 24.5 Å². The maximum Gasteiger partial charge on any atom is 0.490 e. The van der Waals surface area contributed by atoms with Gasteiger partial charge in [0.1, 0.15) is 0 Å². The van der Waals surface area contributed by atoms with E-state index in [4.69, 9.17) is 24.5 Å². The zero-order valence-corrected chi connectivity index (χ0v) is 20.3. The van der Waals surface area contributed by atoms with Crippen molar-refractivity contribution in [3.8, 4) is 0 Å². The van der Waals surface area contributed by atoms with Crippen molar-refractivity contribution in [2.24, 2.45) is 0 Å². The number of nitrogens with zero attached hydrogens (tertiary/aromatic N) is 5. The lowest BCUT2D eigenvalue weighted by Crippen LogP contribution is -2.58. The van der Waals surface area contributed by atoms with Crippen LogP contribution in [0, 0.1) is 5.82 Å². The van der Waals surface area contributed by atoms with Gasteiger partial charge in [-0.05, 0) is 25.0 Å². The lowest BCUT2D eigenvalue weighted by molar-refractivity contribution is -0.193. The van der Waals surface area contributed by atoms with Crippen LogP contribution in [0.4, 0.5) is 36.7 Å². The van der Waals surface area contributed by atoms with Gasteiger partial charge < -0.3 is 24.7 Å². The molecule has 0 bridgehead atoms. The number of morpholine rings is 1. The van der Waals surface area contributed by atoms with Crippen LogP contribution in [0.15, 0.2) is 36.9 Å². The van der Waals surface area contributed by atoms with Gasteiger partial charge in [-0.15, -0.1) is 0 Å². The molecule has 0 radical (unpaired) electrons. The second kappa shape index (κ2) is 13.3. The fourth-order valence-corrected chi connectivity index (χ4v) is 3.58. The maximum atomic E-state index is 13.1. The Morgan fingerprint density at radius 3 is 1.88 bits per heavy atom. The highest BCUT2D eigenvalue weighted by Gasteiger charge is 2.41. The Kier molecular flexibility index (Phi) is 10.7. The largest absolute Gasteiger partial charge is 0.490 e. The van der Waals surface area contributed by atoms with Gasteiger partial charge in [0.2, 0.25) is 5.95 Å². The van der Waals surface area contributed by atoms with Gasteiger partial charge in [0.25, 0.3) is 5.91 Å². The summed E-state index contributed by atoms with van der Waals surface area (Å²) >= 11 is 0. The Labute approximate surface area is 221 Å². The molecule has 2 aromatic rings. The van der Waals surface area contributed by atoms with Crippen molar-refractivity contribution in [2.75, 3.05) is 37.7 Å². The quantitative estimate of drug-likeness (QED) is 0.505. The number of alkyl halides is 6. The number of hydrogen-bond acceptors (Lipinski definition) is 8. The summed E-state index contributed by atoms with van der Waals surface area (Å²) in [7, 11) is 0. The van der Waals surface area contributed by atoms with Crippen LogP contribution >= 0.6 is 0 Å². The van der Waals surface area contributed by atoms with Gasteiger partial charge >= 0.3 is 24.3 Å². The Bertz CT molecular complexity index is 1120. The first-order valence-corrected chi connectivity index (χ1v) is 11.2. The molecule has 2 aliphatic rings. The number of hydrogen-bond donors (Lipinski definition) is 2.